The molecule has 8 heteroatoms. The molecule has 1 fully saturated rings. The Morgan fingerprint density at radius 1 is 1.29 bits per heavy atom. The number of nitrogens with one attached hydrogen (secondary N) is 1. The normalized spacial score (nSPS) is 16.3. The Bertz CT molecular complexity index is 579. The van der Waals surface area contributed by atoms with Crippen molar-refractivity contribution in [1.82, 2.24) is 20.2 Å². The van der Waals surface area contributed by atoms with E-state index < -0.39 is 0 Å². The van der Waals surface area contributed by atoms with Gasteiger partial charge >= 0.3 is 0 Å². The first-order valence-electron chi connectivity index (χ1n) is 8.09. The number of anilines is 1. The lowest BCUT2D eigenvalue weighted by molar-refractivity contribution is -0.123. The third-order valence-electron chi connectivity index (χ3n) is 4.06. The van der Waals surface area contributed by atoms with Crippen LogP contribution in [0.1, 0.15) is 24.8 Å². The zero-order valence-electron chi connectivity index (χ0n) is 13.6. The van der Waals surface area contributed by atoms with E-state index in [9.17, 15) is 9.59 Å². The third kappa shape index (κ3) is 5.96. The molecule has 130 valence electrons. The summed E-state index contributed by atoms with van der Waals surface area (Å²) in [4.78, 5) is 32.8. The highest BCUT2D eigenvalue weighted by Gasteiger charge is 2.22. The van der Waals surface area contributed by atoms with Gasteiger partial charge in [0.2, 0.25) is 17.8 Å². The van der Waals surface area contributed by atoms with Gasteiger partial charge in [-0.1, -0.05) is 0 Å². The van der Waals surface area contributed by atoms with Gasteiger partial charge in [-0.25, -0.2) is 9.97 Å². The molecule has 0 spiro atoms. The van der Waals surface area contributed by atoms with Crippen LogP contribution < -0.4 is 16.8 Å². The first kappa shape index (κ1) is 17.9. The number of aromatic nitrogens is 2. The number of rotatable bonds is 7. The highest BCUT2D eigenvalue weighted by molar-refractivity contribution is 5.91. The zero-order valence-corrected chi connectivity index (χ0v) is 13.6. The number of piperidine rings is 1. The fraction of sp³-hybridized carbons (Fsp3) is 0.500. The van der Waals surface area contributed by atoms with E-state index in [1.54, 1.807) is 18.5 Å². The van der Waals surface area contributed by atoms with Gasteiger partial charge in [-0.2, -0.15) is 0 Å². The molecule has 24 heavy (non-hydrogen) atoms. The molecule has 0 bridgehead atoms. The summed E-state index contributed by atoms with van der Waals surface area (Å²) in [5.41, 5.74) is 11.4. The van der Waals surface area contributed by atoms with Crippen molar-refractivity contribution in [2.75, 3.05) is 31.9 Å². The topological polar surface area (TPSA) is 127 Å². The van der Waals surface area contributed by atoms with Gasteiger partial charge < -0.3 is 21.7 Å². The van der Waals surface area contributed by atoms with Gasteiger partial charge in [0, 0.05) is 36.5 Å². The Kier molecular flexibility index (Phi) is 6.68. The number of hydrogen-bond donors (Lipinski definition) is 3. The molecule has 5 N–H and O–H groups in total. The van der Waals surface area contributed by atoms with E-state index in [4.69, 9.17) is 11.5 Å². The summed E-state index contributed by atoms with van der Waals surface area (Å²) >= 11 is 0. The maximum Gasteiger partial charge on any atom is 0.244 e. The van der Waals surface area contributed by atoms with Crippen molar-refractivity contribution in [1.29, 1.82) is 0 Å². The van der Waals surface area contributed by atoms with Crippen molar-refractivity contribution in [3.05, 3.63) is 24.0 Å². The van der Waals surface area contributed by atoms with Crippen molar-refractivity contribution < 1.29 is 9.59 Å². The quantitative estimate of drug-likeness (QED) is 0.468. The summed E-state index contributed by atoms with van der Waals surface area (Å²) < 4.78 is 0. The highest BCUT2D eigenvalue weighted by atomic mass is 16.1. The van der Waals surface area contributed by atoms with E-state index in [1.165, 1.54) is 6.08 Å². The largest absolute Gasteiger partial charge is 0.369 e. The number of nitrogens with zero attached hydrogens (tertiary/aromatic N) is 3. The highest BCUT2D eigenvalue weighted by Crippen LogP contribution is 2.16. The number of likely N-dealkylation sites (tertiary alicyclic amines) is 1. The monoisotopic (exact) mass is 332 g/mol. The second-order valence-electron chi connectivity index (χ2n) is 5.87. The Labute approximate surface area is 141 Å². The minimum atomic E-state index is -0.194. The summed E-state index contributed by atoms with van der Waals surface area (Å²) in [5, 5.41) is 2.84. The van der Waals surface area contributed by atoms with Gasteiger partial charge in [0.15, 0.2) is 0 Å². The predicted octanol–water partition coefficient (Wildman–Crippen LogP) is -0.224. The van der Waals surface area contributed by atoms with E-state index >= 15 is 0 Å². The minimum Gasteiger partial charge on any atom is -0.369 e. The van der Waals surface area contributed by atoms with Crippen molar-refractivity contribution in [2.45, 2.75) is 19.3 Å². The number of nitrogen functional groups attached to an aromatic ring is 1. The molecule has 2 amide bonds. The van der Waals surface area contributed by atoms with Crippen LogP contribution in [0.3, 0.4) is 0 Å². The van der Waals surface area contributed by atoms with Crippen LogP contribution in [0.5, 0.6) is 0 Å². The van der Waals surface area contributed by atoms with Gasteiger partial charge in [0.05, 0.1) is 0 Å². The summed E-state index contributed by atoms with van der Waals surface area (Å²) in [5.74, 6) is -0.126. The second-order valence-corrected chi connectivity index (χ2v) is 5.87. The van der Waals surface area contributed by atoms with Gasteiger partial charge in [0.1, 0.15) is 0 Å². The van der Waals surface area contributed by atoms with E-state index in [0.29, 0.717) is 6.54 Å². The molecule has 0 unspecified atom stereocenters. The lowest BCUT2D eigenvalue weighted by Crippen LogP contribution is -2.39. The molecule has 0 aliphatic carbocycles. The fourth-order valence-corrected chi connectivity index (χ4v) is 2.62. The number of nitrogens with two attached hydrogens (primary N) is 2. The lowest BCUT2D eigenvalue weighted by Gasteiger charge is -2.30. The predicted molar refractivity (Wildman–Crippen MR) is 91.5 cm³/mol. The van der Waals surface area contributed by atoms with Gasteiger partial charge in [-0.05, 0) is 45.0 Å². The van der Waals surface area contributed by atoms with Crippen LogP contribution in [0.25, 0.3) is 6.08 Å². The van der Waals surface area contributed by atoms with Crippen LogP contribution in [0.4, 0.5) is 5.95 Å². The van der Waals surface area contributed by atoms with Gasteiger partial charge in [-0.3, -0.25) is 9.59 Å². The standard InChI is InChI=1S/C16H24N6O2/c17-15(24)13-4-8-22(9-5-13)7-1-6-19-14(23)3-2-12-10-20-16(18)21-11-12/h2-3,10-11,13H,1,4-9H2,(H2,17,24)(H,19,23)(H2,18,20,21)/b3-2+. The van der Waals surface area contributed by atoms with E-state index in [1.807, 2.05) is 0 Å². The molecule has 0 atom stereocenters. The number of primary amides is 1. The second kappa shape index (κ2) is 8.97. The Morgan fingerprint density at radius 3 is 2.58 bits per heavy atom. The lowest BCUT2D eigenvalue weighted by atomic mass is 9.96. The molecule has 1 aromatic heterocycles. The summed E-state index contributed by atoms with van der Waals surface area (Å²) in [6, 6.07) is 0. The maximum absolute atomic E-state index is 11.7. The minimum absolute atomic E-state index is 0.0170. The zero-order chi connectivity index (χ0) is 17.4. The Morgan fingerprint density at radius 2 is 1.96 bits per heavy atom. The van der Waals surface area contributed by atoms with Crippen molar-refractivity contribution in [3.8, 4) is 0 Å². The number of hydrogen-bond acceptors (Lipinski definition) is 6. The average Bonchev–Trinajstić information content (AvgIpc) is 2.58. The molecule has 1 aromatic rings. The molecular weight excluding hydrogens is 308 g/mol. The molecule has 0 aromatic carbocycles. The van der Waals surface area contributed by atoms with Crippen LogP contribution in [-0.4, -0.2) is 52.9 Å². The molecule has 2 heterocycles. The van der Waals surface area contributed by atoms with Crippen molar-refractivity contribution in [3.63, 3.8) is 0 Å². The fourth-order valence-electron chi connectivity index (χ4n) is 2.62. The molecule has 0 saturated carbocycles. The van der Waals surface area contributed by atoms with Crippen LogP contribution in [0.15, 0.2) is 18.5 Å². The summed E-state index contributed by atoms with van der Waals surface area (Å²) in [6.07, 6.45) is 8.73. The van der Waals surface area contributed by atoms with Crippen LogP contribution in [0, 0.1) is 5.92 Å². The van der Waals surface area contributed by atoms with E-state index in [0.717, 1.165) is 44.5 Å². The SMILES string of the molecule is NC(=O)C1CCN(CCCNC(=O)/C=C/c2cnc(N)nc2)CC1. The molecule has 1 aliphatic heterocycles. The van der Waals surface area contributed by atoms with E-state index in [-0.39, 0.29) is 23.7 Å². The molecular formula is C16H24N6O2. The summed E-state index contributed by atoms with van der Waals surface area (Å²) in [6.45, 7) is 3.29. The summed E-state index contributed by atoms with van der Waals surface area (Å²) in [7, 11) is 0. The molecule has 0 radical (unpaired) electrons. The number of amides is 2. The smallest absolute Gasteiger partial charge is 0.244 e. The first-order valence-corrected chi connectivity index (χ1v) is 8.09. The Hall–Kier alpha value is -2.48. The average molecular weight is 332 g/mol. The van der Waals surface area contributed by atoms with Gasteiger partial charge in [0.25, 0.3) is 0 Å². The molecule has 1 aliphatic rings. The first-order chi connectivity index (χ1) is 11.5. The van der Waals surface area contributed by atoms with Crippen LogP contribution in [-0.2, 0) is 9.59 Å². The van der Waals surface area contributed by atoms with Crippen LogP contribution >= 0.6 is 0 Å². The van der Waals surface area contributed by atoms with Crippen molar-refractivity contribution in [2.24, 2.45) is 11.7 Å². The van der Waals surface area contributed by atoms with Crippen LogP contribution in [0.2, 0.25) is 0 Å². The van der Waals surface area contributed by atoms with Gasteiger partial charge in [-0.15, -0.1) is 0 Å². The maximum atomic E-state index is 11.7. The Balaban J connectivity index is 1.59. The van der Waals surface area contributed by atoms with E-state index in [2.05, 4.69) is 20.2 Å². The third-order valence-corrected chi connectivity index (χ3v) is 4.06. The number of carbonyl (C=O) groups excluding carboxylic acids is 2. The number of carbonyl (C=O) groups is 2. The molecule has 2 rings (SSSR count). The molecule has 8 nitrogen and oxygen atoms in total. The van der Waals surface area contributed by atoms with Crippen molar-refractivity contribution >= 4 is 23.8 Å². The molecule has 1 saturated heterocycles.